The predicted molar refractivity (Wildman–Crippen MR) is 133 cm³/mol. The Hall–Kier alpha value is -3.47. The van der Waals surface area contributed by atoms with Crippen LogP contribution in [0.25, 0.3) is 10.8 Å². The van der Waals surface area contributed by atoms with Gasteiger partial charge in [-0.3, -0.25) is 9.59 Å². The molecule has 1 saturated heterocycles. The van der Waals surface area contributed by atoms with Crippen LogP contribution in [0, 0.1) is 0 Å². The normalized spacial score (nSPS) is 14.0. The van der Waals surface area contributed by atoms with Crippen molar-refractivity contribution in [3.63, 3.8) is 0 Å². The highest BCUT2D eigenvalue weighted by Crippen LogP contribution is 2.20. The van der Waals surface area contributed by atoms with Crippen LogP contribution in [0.5, 0.6) is 0 Å². The maximum absolute atomic E-state index is 12.5. The van der Waals surface area contributed by atoms with Crippen LogP contribution >= 0.6 is 0 Å². The molecule has 0 bridgehead atoms. The maximum atomic E-state index is 12.5. The Morgan fingerprint density at radius 2 is 1.66 bits per heavy atom. The third kappa shape index (κ3) is 6.78. The van der Waals surface area contributed by atoms with Crippen molar-refractivity contribution in [2.24, 2.45) is 0 Å². The number of sulfonamides is 1. The minimum Gasteiger partial charge on any atom is -0.456 e. The average molecular weight is 498 g/mol. The van der Waals surface area contributed by atoms with Gasteiger partial charge in [0.15, 0.2) is 6.61 Å². The second kappa shape index (κ2) is 11.3. The zero-order valence-electron chi connectivity index (χ0n) is 19.1. The van der Waals surface area contributed by atoms with Gasteiger partial charge in [0.05, 0.1) is 24.5 Å². The van der Waals surface area contributed by atoms with Gasteiger partial charge < -0.3 is 19.7 Å². The Morgan fingerprint density at radius 3 is 2.40 bits per heavy atom. The number of rotatable bonds is 9. The molecule has 4 rings (SSSR count). The SMILES string of the molecule is O=C(COC(=O)CCNS(=O)(=O)c1ccc2ccccc2c1)Nc1ccc(N2CCOCC2)cc1. The Kier molecular flexibility index (Phi) is 7.96. The van der Waals surface area contributed by atoms with E-state index in [1.54, 1.807) is 24.3 Å². The van der Waals surface area contributed by atoms with Gasteiger partial charge in [0, 0.05) is 31.0 Å². The third-order valence-electron chi connectivity index (χ3n) is 5.54. The minimum absolute atomic E-state index is 0.114. The maximum Gasteiger partial charge on any atom is 0.307 e. The van der Waals surface area contributed by atoms with Gasteiger partial charge in [-0.15, -0.1) is 0 Å². The van der Waals surface area contributed by atoms with Crippen LogP contribution in [0.1, 0.15) is 6.42 Å². The highest BCUT2D eigenvalue weighted by Gasteiger charge is 2.16. The van der Waals surface area contributed by atoms with Crippen molar-refractivity contribution < 1.29 is 27.5 Å². The standard InChI is InChI=1S/C25H27N3O6S/c29-24(27-21-6-8-22(9-7-21)28-13-15-33-16-14-28)18-34-25(30)11-12-26-35(31,32)23-10-5-19-3-1-2-4-20(19)17-23/h1-10,17,26H,11-16,18H2,(H,27,29). The van der Waals surface area contributed by atoms with Crippen molar-refractivity contribution in [1.82, 2.24) is 4.72 Å². The van der Waals surface area contributed by atoms with Crippen molar-refractivity contribution in [2.45, 2.75) is 11.3 Å². The average Bonchev–Trinajstić information content (AvgIpc) is 2.88. The monoisotopic (exact) mass is 497 g/mol. The number of carbonyl (C=O) groups is 2. The summed E-state index contributed by atoms with van der Waals surface area (Å²) in [5.74, 6) is -1.15. The lowest BCUT2D eigenvalue weighted by Crippen LogP contribution is -2.36. The van der Waals surface area contributed by atoms with Crippen LogP contribution in [-0.2, 0) is 29.1 Å². The molecule has 3 aromatic rings. The molecule has 1 fully saturated rings. The molecular formula is C25H27N3O6S. The van der Waals surface area contributed by atoms with E-state index in [0.717, 1.165) is 29.5 Å². The number of hydrogen-bond donors (Lipinski definition) is 2. The summed E-state index contributed by atoms with van der Waals surface area (Å²) in [6.07, 6.45) is -0.200. The molecule has 1 aliphatic rings. The Morgan fingerprint density at radius 1 is 0.943 bits per heavy atom. The number of anilines is 2. The molecule has 0 aliphatic carbocycles. The lowest BCUT2D eigenvalue weighted by atomic mass is 10.1. The molecule has 1 amide bonds. The topological polar surface area (TPSA) is 114 Å². The number of ether oxygens (including phenoxy) is 2. The van der Waals surface area contributed by atoms with Crippen LogP contribution in [0.15, 0.2) is 71.6 Å². The summed E-state index contributed by atoms with van der Waals surface area (Å²) in [5, 5.41) is 4.41. The number of morpholine rings is 1. The summed E-state index contributed by atoms with van der Waals surface area (Å²) in [6.45, 7) is 2.42. The molecule has 0 aromatic heterocycles. The van der Waals surface area contributed by atoms with Crippen LogP contribution in [0.3, 0.4) is 0 Å². The number of esters is 1. The summed E-state index contributed by atoms with van der Waals surface area (Å²) in [7, 11) is -3.78. The summed E-state index contributed by atoms with van der Waals surface area (Å²) in [5.41, 5.74) is 1.63. The number of nitrogens with one attached hydrogen (secondary N) is 2. The fourth-order valence-corrected chi connectivity index (χ4v) is 4.76. The summed E-state index contributed by atoms with van der Waals surface area (Å²) in [6, 6.07) is 19.6. The van der Waals surface area contributed by atoms with Gasteiger partial charge in [0.2, 0.25) is 10.0 Å². The van der Waals surface area contributed by atoms with Crippen molar-refractivity contribution in [1.29, 1.82) is 0 Å². The van der Waals surface area contributed by atoms with E-state index in [1.807, 2.05) is 36.4 Å². The van der Waals surface area contributed by atoms with Gasteiger partial charge in [-0.1, -0.05) is 30.3 Å². The Labute approximate surface area is 204 Å². The predicted octanol–water partition coefficient (Wildman–Crippen LogP) is 2.53. The van der Waals surface area contributed by atoms with E-state index in [1.165, 1.54) is 6.07 Å². The number of fused-ring (bicyclic) bond motifs is 1. The summed E-state index contributed by atoms with van der Waals surface area (Å²) < 4.78 is 37.7. The van der Waals surface area contributed by atoms with Crippen LogP contribution in [-0.4, -0.2) is 59.7 Å². The highest BCUT2D eigenvalue weighted by molar-refractivity contribution is 7.89. The second-order valence-electron chi connectivity index (χ2n) is 8.01. The molecule has 0 saturated carbocycles. The molecule has 35 heavy (non-hydrogen) atoms. The molecule has 1 aliphatic heterocycles. The first-order chi connectivity index (χ1) is 16.9. The number of hydrogen-bond acceptors (Lipinski definition) is 7. The van der Waals surface area contributed by atoms with E-state index >= 15 is 0 Å². The molecule has 3 aromatic carbocycles. The largest absolute Gasteiger partial charge is 0.456 e. The van der Waals surface area contributed by atoms with Crippen molar-refractivity contribution in [2.75, 3.05) is 49.7 Å². The van der Waals surface area contributed by atoms with Gasteiger partial charge in [0.1, 0.15) is 0 Å². The number of nitrogens with zero attached hydrogens (tertiary/aromatic N) is 1. The highest BCUT2D eigenvalue weighted by atomic mass is 32.2. The smallest absolute Gasteiger partial charge is 0.307 e. The molecule has 2 N–H and O–H groups in total. The van der Waals surface area contributed by atoms with Crippen LogP contribution < -0.4 is 14.9 Å². The van der Waals surface area contributed by atoms with Crippen LogP contribution in [0.2, 0.25) is 0 Å². The van der Waals surface area contributed by atoms with Gasteiger partial charge in [-0.05, 0) is 47.2 Å². The second-order valence-corrected chi connectivity index (χ2v) is 9.78. The van der Waals surface area contributed by atoms with Gasteiger partial charge >= 0.3 is 5.97 Å². The van der Waals surface area contributed by atoms with E-state index in [2.05, 4.69) is 14.9 Å². The van der Waals surface area contributed by atoms with Gasteiger partial charge in [0.25, 0.3) is 5.91 Å². The third-order valence-corrected chi connectivity index (χ3v) is 7.00. The van der Waals surface area contributed by atoms with Gasteiger partial charge in [-0.2, -0.15) is 0 Å². The zero-order chi connectivity index (χ0) is 24.7. The molecule has 0 radical (unpaired) electrons. The Balaban J connectivity index is 1.19. The van der Waals surface area contributed by atoms with Crippen LogP contribution in [0.4, 0.5) is 11.4 Å². The number of amides is 1. The lowest BCUT2D eigenvalue weighted by Gasteiger charge is -2.28. The fraction of sp³-hybridized carbons (Fsp3) is 0.280. The quantitative estimate of drug-likeness (QED) is 0.437. The first-order valence-corrected chi connectivity index (χ1v) is 12.8. The van der Waals surface area contributed by atoms with E-state index in [9.17, 15) is 18.0 Å². The van der Waals surface area contributed by atoms with Gasteiger partial charge in [-0.25, -0.2) is 13.1 Å². The van der Waals surface area contributed by atoms with Crippen molar-refractivity contribution in [3.05, 3.63) is 66.7 Å². The first kappa shape index (κ1) is 24.6. The molecule has 184 valence electrons. The van der Waals surface area contributed by atoms with E-state index in [-0.39, 0.29) is 17.9 Å². The molecule has 0 atom stereocenters. The zero-order valence-corrected chi connectivity index (χ0v) is 19.9. The van der Waals surface area contributed by atoms with E-state index in [4.69, 9.17) is 9.47 Å². The fourth-order valence-electron chi connectivity index (χ4n) is 3.70. The summed E-state index contributed by atoms with van der Waals surface area (Å²) in [4.78, 5) is 26.4. The first-order valence-electron chi connectivity index (χ1n) is 11.3. The van der Waals surface area contributed by atoms with E-state index in [0.29, 0.717) is 18.9 Å². The molecule has 0 unspecified atom stereocenters. The molecule has 0 spiro atoms. The molecule has 1 heterocycles. The minimum atomic E-state index is -3.78. The molecule has 10 heteroatoms. The van der Waals surface area contributed by atoms with Crippen molar-refractivity contribution >= 4 is 44.0 Å². The number of carbonyl (C=O) groups excluding carboxylic acids is 2. The molecule has 9 nitrogen and oxygen atoms in total. The lowest BCUT2D eigenvalue weighted by molar-refractivity contribution is -0.147. The number of benzene rings is 3. The summed E-state index contributed by atoms with van der Waals surface area (Å²) >= 11 is 0. The van der Waals surface area contributed by atoms with E-state index < -0.39 is 28.5 Å². The molecular weight excluding hydrogens is 470 g/mol. The Bertz CT molecular complexity index is 1290. The van der Waals surface area contributed by atoms with Crippen molar-refractivity contribution in [3.8, 4) is 0 Å².